The summed E-state index contributed by atoms with van der Waals surface area (Å²) in [7, 11) is 3.39. The second-order valence-corrected chi connectivity index (χ2v) is 4.37. The van der Waals surface area contributed by atoms with E-state index < -0.39 is 0 Å². The van der Waals surface area contributed by atoms with E-state index in [1.54, 1.807) is 32.6 Å². The fourth-order valence-corrected chi connectivity index (χ4v) is 1.77. The van der Waals surface area contributed by atoms with Gasteiger partial charge in [-0.05, 0) is 18.6 Å². The van der Waals surface area contributed by atoms with Crippen LogP contribution < -0.4 is 15.4 Å². The van der Waals surface area contributed by atoms with E-state index in [9.17, 15) is 0 Å². The minimum Gasteiger partial charge on any atom is -0.495 e. The zero-order valence-electron chi connectivity index (χ0n) is 11.0. The Morgan fingerprint density at radius 1 is 1.21 bits per heavy atom. The lowest BCUT2D eigenvalue weighted by Gasteiger charge is -2.12. The first-order chi connectivity index (χ1) is 9.13. The lowest BCUT2D eigenvalue weighted by atomic mass is 10.2. The maximum Gasteiger partial charge on any atom is 0.151 e. The molecule has 5 nitrogen and oxygen atoms in total. The molecule has 6 heteroatoms. The molecule has 0 aliphatic heterocycles. The summed E-state index contributed by atoms with van der Waals surface area (Å²) in [6.07, 6.45) is 3.29. The van der Waals surface area contributed by atoms with Gasteiger partial charge in [-0.25, -0.2) is 4.98 Å². The lowest BCUT2D eigenvalue weighted by Crippen LogP contribution is -2.00. The van der Waals surface area contributed by atoms with Crippen LogP contribution >= 0.6 is 11.6 Å². The second kappa shape index (κ2) is 5.75. The number of halogens is 1. The van der Waals surface area contributed by atoms with E-state index >= 15 is 0 Å². The van der Waals surface area contributed by atoms with Crippen molar-refractivity contribution in [2.45, 2.75) is 6.92 Å². The van der Waals surface area contributed by atoms with Crippen molar-refractivity contribution in [3.05, 3.63) is 35.1 Å². The Bertz CT molecular complexity index is 589. The molecule has 1 heterocycles. The summed E-state index contributed by atoms with van der Waals surface area (Å²) in [5, 5.41) is 6.77. The van der Waals surface area contributed by atoms with Gasteiger partial charge in [-0.3, -0.25) is 4.98 Å². The molecule has 0 atom stereocenters. The number of nitrogens with zero attached hydrogens (tertiary/aromatic N) is 2. The van der Waals surface area contributed by atoms with E-state index in [0.29, 0.717) is 22.4 Å². The molecule has 0 saturated heterocycles. The number of benzene rings is 1. The van der Waals surface area contributed by atoms with Crippen LogP contribution in [0.5, 0.6) is 5.75 Å². The highest BCUT2D eigenvalue weighted by atomic mass is 35.5. The van der Waals surface area contributed by atoms with Gasteiger partial charge >= 0.3 is 0 Å². The Balaban J connectivity index is 2.34. The van der Waals surface area contributed by atoms with Crippen LogP contribution in [0.2, 0.25) is 5.02 Å². The van der Waals surface area contributed by atoms with Crippen LogP contribution in [-0.2, 0) is 0 Å². The Kier molecular flexibility index (Phi) is 4.06. The summed E-state index contributed by atoms with van der Waals surface area (Å²) in [5.41, 5.74) is 1.76. The lowest BCUT2D eigenvalue weighted by molar-refractivity contribution is 0.416. The van der Waals surface area contributed by atoms with E-state index in [0.717, 1.165) is 11.3 Å². The third kappa shape index (κ3) is 3.06. The maximum absolute atomic E-state index is 6.07. The normalized spacial score (nSPS) is 10.1. The van der Waals surface area contributed by atoms with E-state index in [1.165, 1.54) is 0 Å². The van der Waals surface area contributed by atoms with Crippen molar-refractivity contribution < 1.29 is 4.74 Å². The van der Waals surface area contributed by atoms with Crippen molar-refractivity contribution in [3.63, 3.8) is 0 Å². The Labute approximate surface area is 117 Å². The van der Waals surface area contributed by atoms with Crippen LogP contribution in [0.4, 0.5) is 17.3 Å². The first-order valence-corrected chi connectivity index (χ1v) is 6.12. The third-order valence-corrected chi connectivity index (χ3v) is 3.04. The van der Waals surface area contributed by atoms with Crippen molar-refractivity contribution in [3.8, 4) is 5.75 Å². The number of aromatic nitrogens is 2. The molecule has 0 fully saturated rings. The van der Waals surface area contributed by atoms with Crippen molar-refractivity contribution in [2.75, 3.05) is 24.8 Å². The van der Waals surface area contributed by atoms with Gasteiger partial charge in [-0.15, -0.1) is 0 Å². The third-order valence-electron chi connectivity index (χ3n) is 2.63. The largest absolute Gasteiger partial charge is 0.495 e. The van der Waals surface area contributed by atoms with Crippen molar-refractivity contribution >= 4 is 28.9 Å². The molecule has 2 aromatic rings. The molecule has 0 spiro atoms. The van der Waals surface area contributed by atoms with Crippen LogP contribution in [-0.4, -0.2) is 24.1 Å². The summed E-state index contributed by atoms with van der Waals surface area (Å²) in [6.45, 7) is 1.93. The number of aryl methyl sites for hydroxylation is 1. The molecular formula is C13H15ClN4O. The second-order valence-electron chi connectivity index (χ2n) is 3.97. The Morgan fingerprint density at radius 2 is 1.95 bits per heavy atom. The Morgan fingerprint density at radius 3 is 2.63 bits per heavy atom. The van der Waals surface area contributed by atoms with Gasteiger partial charge in [0.1, 0.15) is 11.6 Å². The molecule has 0 amide bonds. The Hall–Kier alpha value is -2.01. The summed E-state index contributed by atoms with van der Waals surface area (Å²) in [5.74, 6) is 1.98. The fourth-order valence-electron chi connectivity index (χ4n) is 1.61. The molecule has 100 valence electrons. The maximum atomic E-state index is 6.07. The van der Waals surface area contributed by atoms with Crippen LogP contribution in [0, 0.1) is 6.92 Å². The summed E-state index contributed by atoms with van der Waals surface area (Å²) in [4.78, 5) is 8.43. The van der Waals surface area contributed by atoms with E-state index in [-0.39, 0.29) is 0 Å². The first-order valence-electron chi connectivity index (χ1n) is 5.75. The van der Waals surface area contributed by atoms with Crippen LogP contribution in [0.25, 0.3) is 0 Å². The van der Waals surface area contributed by atoms with Gasteiger partial charge < -0.3 is 15.4 Å². The zero-order chi connectivity index (χ0) is 13.8. The highest BCUT2D eigenvalue weighted by Crippen LogP contribution is 2.32. The monoisotopic (exact) mass is 278 g/mol. The molecule has 0 unspecified atom stereocenters. The van der Waals surface area contributed by atoms with Gasteiger partial charge in [-0.1, -0.05) is 11.6 Å². The summed E-state index contributed by atoms with van der Waals surface area (Å²) >= 11 is 6.07. The van der Waals surface area contributed by atoms with Gasteiger partial charge in [-0.2, -0.15) is 0 Å². The molecule has 0 aliphatic rings. The van der Waals surface area contributed by atoms with Crippen molar-refractivity contribution in [2.24, 2.45) is 0 Å². The predicted molar refractivity (Wildman–Crippen MR) is 77.6 cm³/mol. The summed E-state index contributed by atoms with van der Waals surface area (Å²) < 4.78 is 5.30. The van der Waals surface area contributed by atoms with Gasteiger partial charge in [0.15, 0.2) is 5.82 Å². The first kappa shape index (κ1) is 13.4. The zero-order valence-corrected chi connectivity index (χ0v) is 11.7. The molecule has 2 N–H and O–H groups in total. The average Bonchev–Trinajstić information content (AvgIpc) is 2.43. The number of ether oxygens (including phenoxy) is 1. The molecule has 0 saturated carbocycles. The number of anilines is 3. The predicted octanol–water partition coefficient (Wildman–Crippen LogP) is 3.23. The number of hydrogen-bond acceptors (Lipinski definition) is 5. The van der Waals surface area contributed by atoms with Gasteiger partial charge in [0.05, 0.1) is 25.2 Å². The number of hydrogen-bond donors (Lipinski definition) is 2. The minimum atomic E-state index is 0.631. The van der Waals surface area contributed by atoms with E-state index in [4.69, 9.17) is 16.3 Å². The van der Waals surface area contributed by atoms with Gasteiger partial charge in [0.2, 0.25) is 0 Å². The van der Waals surface area contributed by atoms with E-state index in [1.807, 2.05) is 13.0 Å². The number of nitrogens with one attached hydrogen (secondary N) is 2. The van der Waals surface area contributed by atoms with Crippen LogP contribution in [0.1, 0.15) is 5.56 Å². The molecule has 1 aromatic carbocycles. The molecular weight excluding hydrogens is 264 g/mol. The van der Waals surface area contributed by atoms with Crippen molar-refractivity contribution in [1.29, 1.82) is 0 Å². The van der Waals surface area contributed by atoms with Crippen LogP contribution in [0.3, 0.4) is 0 Å². The standard InChI is InChI=1S/C13H15ClN4O/c1-8-4-10(11(19-3)5-9(8)14)17-13-7-16-6-12(15-2)18-13/h4-7H,1-3H3,(H2,15,17,18). The molecule has 1 aromatic heterocycles. The average molecular weight is 279 g/mol. The topological polar surface area (TPSA) is 59.1 Å². The highest BCUT2D eigenvalue weighted by Gasteiger charge is 2.08. The van der Waals surface area contributed by atoms with E-state index in [2.05, 4.69) is 20.6 Å². The fraction of sp³-hybridized carbons (Fsp3) is 0.231. The molecule has 19 heavy (non-hydrogen) atoms. The summed E-state index contributed by atoms with van der Waals surface area (Å²) in [6, 6.07) is 3.68. The molecule has 2 rings (SSSR count). The van der Waals surface area contributed by atoms with Crippen LogP contribution in [0.15, 0.2) is 24.5 Å². The molecule has 0 radical (unpaired) electrons. The molecule has 0 aliphatic carbocycles. The number of methoxy groups -OCH3 is 1. The van der Waals surface area contributed by atoms with Gasteiger partial charge in [0, 0.05) is 18.1 Å². The number of rotatable bonds is 4. The molecule has 0 bridgehead atoms. The highest BCUT2D eigenvalue weighted by molar-refractivity contribution is 6.31. The smallest absolute Gasteiger partial charge is 0.151 e. The quantitative estimate of drug-likeness (QED) is 0.899. The van der Waals surface area contributed by atoms with Gasteiger partial charge in [0.25, 0.3) is 0 Å². The SMILES string of the molecule is CNc1cncc(Nc2cc(C)c(Cl)cc2OC)n1. The van der Waals surface area contributed by atoms with Crippen molar-refractivity contribution in [1.82, 2.24) is 9.97 Å². The minimum absolute atomic E-state index is 0.631.